The first-order valence-corrected chi connectivity index (χ1v) is 5.37. The maximum absolute atomic E-state index is 13.4. The van der Waals surface area contributed by atoms with Gasteiger partial charge in [0.15, 0.2) is 11.6 Å². The molecule has 1 aromatic rings. The summed E-state index contributed by atoms with van der Waals surface area (Å²) in [5, 5.41) is 10.1. The van der Waals surface area contributed by atoms with Crippen molar-refractivity contribution in [1.82, 2.24) is 4.98 Å². The lowest BCUT2D eigenvalue weighted by Crippen LogP contribution is -2.63. The number of aromatic nitrogens is 1. The Morgan fingerprint density at radius 3 is 2.62 bits per heavy atom. The number of pyridine rings is 1. The van der Waals surface area contributed by atoms with Crippen LogP contribution in [0.15, 0.2) is 12.3 Å². The summed E-state index contributed by atoms with van der Waals surface area (Å²) in [6, 6.07) is 0.816. The molecule has 1 aromatic heterocycles. The van der Waals surface area contributed by atoms with Gasteiger partial charge in [-0.15, -0.1) is 0 Å². The third-order valence-electron chi connectivity index (χ3n) is 3.35. The summed E-state index contributed by atoms with van der Waals surface area (Å²) in [5.41, 5.74) is -0.678. The van der Waals surface area contributed by atoms with Crippen molar-refractivity contribution in [2.24, 2.45) is 5.92 Å². The first kappa shape index (κ1) is 9.96. The summed E-state index contributed by atoms with van der Waals surface area (Å²) < 4.78 is 26.0. The molecular formula is C11H12F2N2O. The Kier molecular flexibility index (Phi) is 1.95. The summed E-state index contributed by atoms with van der Waals surface area (Å²) in [7, 11) is 0. The van der Waals surface area contributed by atoms with Gasteiger partial charge >= 0.3 is 0 Å². The van der Waals surface area contributed by atoms with Gasteiger partial charge in [0.2, 0.25) is 0 Å². The SMILES string of the molecule is OC1(C2CC2)CN(c2ncc(F)cc2F)C1. The lowest BCUT2D eigenvalue weighted by molar-refractivity contribution is -0.0101. The predicted octanol–water partition coefficient (Wildman–Crippen LogP) is 1.32. The maximum Gasteiger partial charge on any atom is 0.168 e. The zero-order valence-electron chi connectivity index (χ0n) is 8.66. The topological polar surface area (TPSA) is 36.4 Å². The van der Waals surface area contributed by atoms with Gasteiger partial charge in [0.05, 0.1) is 19.3 Å². The number of hydrogen-bond acceptors (Lipinski definition) is 3. The van der Waals surface area contributed by atoms with Gasteiger partial charge in [0.1, 0.15) is 11.4 Å². The van der Waals surface area contributed by atoms with Crippen LogP contribution >= 0.6 is 0 Å². The molecule has 1 N–H and O–H groups in total. The number of rotatable bonds is 2. The van der Waals surface area contributed by atoms with E-state index in [0.717, 1.165) is 25.1 Å². The highest BCUT2D eigenvalue weighted by Gasteiger charge is 2.52. The molecule has 0 aromatic carbocycles. The van der Waals surface area contributed by atoms with Crippen LogP contribution in [0.2, 0.25) is 0 Å². The maximum atomic E-state index is 13.4. The van der Waals surface area contributed by atoms with Gasteiger partial charge < -0.3 is 10.0 Å². The predicted molar refractivity (Wildman–Crippen MR) is 54.0 cm³/mol. The Balaban J connectivity index is 1.75. The molecule has 0 amide bonds. The van der Waals surface area contributed by atoms with Crippen LogP contribution in [0.1, 0.15) is 12.8 Å². The molecule has 1 saturated carbocycles. The molecule has 5 heteroatoms. The summed E-state index contributed by atoms with van der Waals surface area (Å²) in [6.07, 6.45) is 3.08. The van der Waals surface area contributed by atoms with E-state index in [1.54, 1.807) is 4.90 Å². The van der Waals surface area contributed by atoms with Crippen LogP contribution < -0.4 is 4.90 Å². The standard InChI is InChI=1S/C11H12F2N2O/c12-8-3-9(13)10(14-4-8)15-5-11(16,6-15)7-1-2-7/h3-4,7,16H,1-2,5-6H2. The fourth-order valence-corrected chi connectivity index (χ4v) is 2.28. The van der Waals surface area contributed by atoms with E-state index in [2.05, 4.69) is 4.98 Å². The molecule has 3 nitrogen and oxygen atoms in total. The molecule has 1 aliphatic heterocycles. The van der Waals surface area contributed by atoms with Gasteiger partial charge in [-0.1, -0.05) is 0 Å². The fourth-order valence-electron chi connectivity index (χ4n) is 2.28. The minimum atomic E-state index is -0.681. The van der Waals surface area contributed by atoms with E-state index in [1.165, 1.54) is 0 Å². The molecule has 2 aliphatic rings. The lowest BCUT2D eigenvalue weighted by atomic mass is 9.89. The molecule has 1 saturated heterocycles. The van der Waals surface area contributed by atoms with E-state index in [0.29, 0.717) is 19.0 Å². The zero-order valence-corrected chi connectivity index (χ0v) is 8.66. The van der Waals surface area contributed by atoms with E-state index in [9.17, 15) is 13.9 Å². The second-order valence-electron chi connectivity index (χ2n) is 4.69. The number of hydrogen-bond donors (Lipinski definition) is 1. The van der Waals surface area contributed by atoms with Crippen molar-refractivity contribution in [2.75, 3.05) is 18.0 Å². The summed E-state index contributed by atoms with van der Waals surface area (Å²) in [6.45, 7) is 0.792. The fraction of sp³-hybridized carbons (Fsp3) is 0.545. The van der Waals surface area contributed by atoms with Crippen LogP contribution in [0.25, 0.3) is 0 Å². The minimum Gasteiger partial charge on any atom is -0.386 e. The average molecular weight is 226 g/mol. The largest absolute Gasteiger partial charge is 0.386 e. The van der Waals surface area contributed by atoms with Crippen molar-refractivity contribution in [3.05, 3.63) is 23.9 Å². The van der Waals surface area contributed by atoms with Crippen molar-refractivity contribution < 1.29 is 13.9 Å². The number of anilines is 1. The Morgan fingerprint density at radius 2 is 2.06 bits per heavy atom. The van der Waals surface area contributed by atoms with E-state index in [1.807, 2.05) is 0 Å². The van der Waals surface area contributed by atoms with Crippen molar-refractivity contribution in [1.29, 1.82) is 0 Å². The normalized spacial score (nSPS) is 23.1. The molecule has 0 unspecified atom stereocenters. The molecule has 0 spiro atoms. The van der Waals surface area contributed by atoms with Crippen LogP contribution in [-0.2, 0) is 0 Å². The van der Waals surface area contributed by atoms with Crippen molar-refractivity contribution >= 4 is 5.82 Å². The van der Waals surface area contributed by atoms with Crippen molar-refractivity contribution in [2.45, 2.75) is 18.4 Å². The molecule has 0 bridgehead atoms. The second-order valence-corrected chi connectivity index (χ2v) is 4.69. The number of β-amino-alcohol motifs (C(OH)–C–C–N with tert-alkyl or cyclic N) is 1. The van der Waals surface area contributed by atoms with Gasteiger partial charge in [-0.2, -0.15) is 0 Å². The van der Waals surface area contributed by atoms with Crippen LogP contribution in [-0.4, -0.2) is 28.8 Å². The van der Waals surface area contributed by atoms with Crippen LogP contribution in [0.5, 0.6) is 0 Å². The highest BCUT2D eigenvalue weighted by molar-refractivity contribution is 5.45. The number of halogens is 2. The van der Waals surface area contributed by atoms with Gasteiger partial charge in [-0.25, -0.2) is 13.8 Å². The molecule has 0 atom stereocenters. The molecule has 0 radical (unpaired) electrons. The van der Waals surface area contributed by atoms with Gasteiger partial charge in [0, 0.05) is 6.07 Å². The minimum absolute atomic E-state index is 0.131. The summed E-state index contributed by atoms with van der Waals surface area (Å²) in [5.74, 6) is -0.865. The Labute approximate surface area is 91.7 Å². The van der Waals surface area contributed by atoms with E-state index in [4.69, 9.17) is 0 Å². The number of aliphatic hydroxyl groups is 1. The monoisotopic (exact) mass is 226 g/mol. The first-order chi connectivity index (χ1) is 7.58. The van der Waals surface area contributed by atoms with Crippen molar-refractivity contribution in [3.8, 4) is 0 Å². The third kappa shape index (κ3) is 1.46. The Hall–Kier alpha value is -1.23. The van der Waals surface area contributed by atoms with Crippen molar-refractivity contribution in [3.63, 3.8) is 0 Å². The lowest BCUT2D eigenvalue weighted by Gasteiger charge is -2.47. The number of nitrogens with zero attached hydrogens (tertiary/aromatic N) is 2. The summed E-state index contributed by atoms with van der Waals surface area (Å²) in [4.78, 5) is 5.36. The molecule has 1 aliphatic carbocycles. The van der Waals surface area contributed by atoms with E-state index < -0.39 is 17.2 Å². The quantitative estimate of drug-likeness (QED) is 0.826. The van der Waals surface area contributed by atoms with Crippen LogP contribution in [0.4, 0.5) is 14.6 Å². The summed E-state index contributed by atoms with van der Waals surface area (Å²) >= 11 is 0. The van der Waals surface area contributed by atoms with E-state index in [-0.39, 0.29) is 5.82 Å². The second kappa shape index (κ2) is 3.13. The highest BCUT2D eigenvalue weighted by atomic mass is 19.1. The first-order valence-electron chi connectivity index (χ1n) is 5.37. The van der Waals surface area contributed by atoms with Gasteiger partial charge in [-0.3, -0.25) is 0 Å². The van der Waals surface area contributed by atoms with Gasteiger partial charge in [0.25, 0.3) is 0 Å². The van der Waals surface area contributed by atoms with E-state index >= 15 is 0 Å². The third-order valence-corrected chi connectivity index (χ3v) is 3.35. The Bertz CT molecular complexity index is 428. The average Bonchev–Trinajstić information content (AvgIpc) is 2.97. The van der Waals surface area contributed by atoms with Crippen LogP contribution in [0, 0.1) is 17.6 Å². The van der Waals surface area contributed by atoms with Crippen LogP contribution in [0.3, 0.4) is 0 Å². The molecule has 2 heterocycles. The molecule has 16 heavy (non-hydrogen) atoms. The zero-order chi connectivity index (χ0) is 11.3. The smallest absolute Gasteiger partial charge is 0.168 e. The van der Waals surface area contributed by atoms with Gasteiger partial charge in [-0.05, 0) is 18.8 Å². The Morgan fingerprint density at radius 1 is 1.38 bits per heavy atom. The molecular weight excluding hydrogens is 214 g/mol. The molecule has 2 fully saturated rings. The molecule has 86 valence electrons. The molecule has 3 rings (SSSR count). The highest BCUT2D eigenvalue weighted by Crippen LogP contribution is 2.45.